The van der Waals surface area contributed by atoms with Gasteiger partial charge in [-0.2, -0.15) is 17.0 Å². The van der Waals surface area contributed by atoms with Gasteiger partial charge in [0.15, 0.2) is 0 Å². The predicted molar refractivity (Wildman–Crippen MR) is 71.8 cm³/mol. The first-order valence-corrected chi connectivity index (χ1v) is 8.27. The van der Waals surface area contributed by atoms with Crippen LogP contribution in [-0.2, 0) is 10.0 Å². The summed E-state index contributed by atoms with van der Waals surface area (Å²) in [5, 5.41) is 9.27. The Kier molecular flexibility index (Phi) is 4.27. The highest BCUT2D eigenvalue weighted by Gasteiger charge is 2.21. The topological polar surface area (TPSA) is 70.0 Å². The highest BCUT2D eigenvalue weighted by molar-refractivity contribution is 8.00. The Hall–Kier alpha value is -1.03. The summed E-state index contributed by atoms with van der Waals surface area (Å²) in [5.41, 5.74) is 0.184. The summed E-state index contributed by atoms with van der Waals surface area (Å²) < 4.78 is 26.8. The Balaban J connectivity index is 2.12. The standard InChI is InChI=1S/C12H14N2O2S2/c13-8-10-4-1-2-6-12(10)18(15,16)14-9-11-5-3-7-17-11/h1-2,4,6,11,14H,3,5,7,9H2. The second-order valence-corrected chi connectivity index (χ2v) is 7.24. The maximum Gasteiger partial charge on any atom is 0.241 e. The van der Waals surface area contributed by atoms with Crippen LogP contribution < -0.4 is 4.72 Å². The molecular formula is C12H14N2O2S2. The molecule has 2 rings (SSSR count). The maximum absolute atomic E-state index is 12.1. The van der Waals surface area contributed by atoms with Gasteiger partial charge in [0.1, 0.15) is 6.07 Å². The van der Waals surface area contributed by atoms with Crippen LogP contribution in [0, 0.1) is 11.3 Å². The molecule has 1 N–H and O–H groups in total. The first kappa shape index (κ1) is 13.4. The number of thioether (sulfide) groups is 1. The van der Waals surface area contributed by atoms with Gasteiger partial charge in [-0.3, -0.25) is 0 Å². The maximum atomic E-state index is 12.1. The van der Waals surface area contributed by atoms with E-state index in [4.69, 9.17) is 5.26 Å². The highest BCUT2D eigenvalue weighted by atomic mass is 32.2. The molecule has 0 amide bonds. The molecule has 1 heterocycles. The number of rotatable bonds is 4. The first-order chi connectivity index (χ1) is 8.63. The zero-order valence-electron chi connectivity index (χ0n) is 9.80. The molecule has 1 fully saturated rings. The molecular weight excluding hydrogens is 268 g/mol. The van der Waals surface area contributed by atoms with E-state index in [9.17, 15) is 8.42 Å². The molecule has 0 bridgehead atoms. The molecule has 1 atom stereocenters. The molecule has 0 radical (unpaired) electrons. The second-order valence-electron chi connectivity index (χ2n) is 4.09. The van der Waals surface area contributed by atoms with Crippen molar-refractivity contribution in [2.45, 2.75) is 23.0 Å². The van der Waals surface area contributed by atoms with E-state index in [-0.39, 0.29) is 10.5 Å². The van der Waals surface area contributed by atoms with E-state index in [2.05, 4.69) is 4.72 Å². The summed E-state index contributed by atoms with van der Waals surface area (Å²) in [4.78, 5) is 0.0653. The number of benzene rings is 1. The van der Waals surface area contributed by atoms with Crippen LogP contribution in [0.1, 0.15) is 18.4 Å². The average Bonchev–Trinajstić information content (AvgIpc) is 2.89. The van der Waals surface area contributed by atoms with Crippen LogP contribution in [0.2, 0.25) is 0 Å². The van der Waals surface area contributed by atoms with Crippen molar-refractivity contribution in [3.63, 3.8) is 0 Å². The summed E-state index contributed by atoms with van der Waals surface area (Å²) in [7, 11) is -3.58. The van der Waals surface area contributed by atoms with Gasteiger partial charge in [0.2, 0.25) is 10.0 Å². The van der Waals surface area contributed by atoms with Gasteiger partial charge >= 0.3 is 0 Å². The normalized spacial score (nSPS) is 19.6. The molecule has 6 heteroatoms. The molecule has 0 saturated carbocycles. The van der Waals surface area contributed by atoms with Gasteiger partial charge in [-0.15, -0.1) is 0 Å². The molecule has 1 aliphatic heterocycles. The van der Waals surface area contributed by atoms with Crippen LogP contribution in [0.3, 0.4) is 0 Å². The van der Waals surface area contributed by atoms with Crippen molar-refractivity contribution in [3.05, 3.63) is 29.8 Å². The zero-order valence-corrected chi connectivity index (χ0v) is 11.4. The van der Waals surface area contributed by atoms with Gasteiger partial charge in [-0.05, 0) is 30.7 Å². The van der Waals surface area contributed by atoms with Crippen LogP contribution >= 0.6 is 11.8 Å². The third-order valence-corrected chi connectivity index (χ3v) is 5.70. The van der Waals surface area contributed by atoms with Crippen LogP contribution in [0.15, 0.2) is 29.2 Å². The predicted octanol–water partition coefficient (Wildman–Crippen LogP) is 1.73. The fraction of sp³-hybridized carbons (Fsp3) is 0.417. The molecule has 0 aromatic heterocycles. The minimum atomic E-state index is -3.58. The number of sulfonamides is 1. The van der Waals surface area contributed by atoms with Crippen molar-refractivity contribution in [1.29, 1.82) is 5.26 Å². The van der Waals surface area contributed by atoms with E-state index in [0.717, 1.165) is 18.6 Å². The lowest BCUT2D eigenvalue weighted by molar-refractivity contribution is 0.579. The minimum absolute atomic E-state index is 0.0653. The van der Waals surface area contributed by atoms with Crippen LogP contribution in [-0.4, -0.2) is 26.0 Å². The molecule has 1 aliphatic rings. The van der Waals surface area contributed by atoms with Gasteiger partial charge in [0.05, 0.1) is 10.5 Å². The van der Waals surface area contributed by atoms with E-state index in [1.54, 1.807) is 23.9 Å². The Labute approximate surface area is 111 Å². The number of nitriles is 1. The second kappa shape index (κ2) is 5.74. The Morgan fingerprint density at radius 2 is 2.22 bits per heavy atom. The third-order valence-electron chi connectivity index (χ3n) is 2.82. The van der Waals surface area contributed by atoms with Gasteiger partial charge in [0, 0.05) is 11.8 Å². The quantitative estimate of drug-likeness (QED) is 0.913. The van der Waals surface area contributed by atoms with Crippen molar-refractivity contribution in [1.82, 2.24) is 4.72 Å². The molecule has 1 unspecified atom stereocenters. The minimum Gasteiger partial charge on any atom is -0.210 e. The van der Waals surface area contributed by atoms with E-state index in [1.165, 1.54) is 12.1 Å². The summed E-state index contributed by atoms with van der Waals surface area (Å²) in [6.45, 7) is 0.437. The van der Waals surface area contributed by atoms with Crippen molar-refractivity contribution in [3.8, 4) is 6.07 Å². The molecule has 18 heavy (non-hydrogen) atoms. The van der Waals surface area contributed by atoms with Crippen molar-refractivity contribution in [2.24, 2.45) is 0 Å². The Bertz CT molecular complexity index is 558. The van der Waals surface area contributed by atoms with Crippen LogP contribution in [0.25, 0.3) is 0 Å². The summed E-state index contributed by atoms with van der Waals surface area (Å²) in [5.74, 6) is 1.10. The SMILES string of the molecule is N#Cc1ccccc1S(=O)(=O)NCC1CCCS1. The van der Waals surface area contributed by atoms with Crippen LogP contribution in [0.5, 0.6) is 0 Å². The Morgan fingerprint density at radius 1 is 1.44 bits per heavy atom. The van der Waals surface area contributed by atoms with E-state index in [0.29, 0.717) is 11.8 Å². The lowest BCUT2D eigenvalue weighted by Gasteiger charge is -2.11. The molecule has 1 saturated heterocycles. The monoisotopic (exact) mass is 282 g/mol. The van der Waals surface area contributed by atoms with Crippen LogP contribution in [0.4, 0.5) is 0 Å². The third kappa shape index (κ3) is 3.05. The number of hydrogen-bond acceptors (Lipinski definition) is 4. The first-order valence-electron chi connectivity index (χ1n) is 5.74. The molecule has 1 aromatic carbocycles. The number of nitrogens with one attached hydrogen (secondary N) is 1. The largest absolute Gasteiger partial charge is 0.241 e. The highest BCUT2D eigenvalue weighted by Crippen LogP contribution is 2.25. The number of nitrogens with zero attached hydrogens (tertiary/aromatic N) is 1. The fourth-order valence-corrected chi connectivity index (χ4v) is 4.42. The van der Waals surface area contributed by atoms with Gasteiger partial charge < -0.3 is 0 Å². The molecule has 1 aromatic rings. The van der Waals surface area contributed by atoms with E-state index in [1.807, 2.05) is 6.07 Å². The average molecular weight is 282 g/mol. The van der Waals surface area contributed by atoms with Crippen molar-refractivity contribution >= 4 is 21.8 Å². The smallest absolute Gasteiger partial charge is 0.210 e. The van der Waals surface area contributed by atoms with Crippen molar-refractivity contribution < 1.29 is 8.42 Å². The number of hydrogen-bond donors (Lipinski definition) is 1. The van der Waals surface area contributed by atoms with Crippen molar-refractivity contribution in [2.75, 3.05) is 12.3 Å². The Morgan fingerprint density at radius 3 is 2.89 bits per heavy atom. The van der Waals surface area contributed by atoms with Gasteiger partial charge in [-0.25, -0.2) is 13.1 Å². The van der Waals surface area contributed by atoms with Gasteiger partial charge in [0.25, 0.3) is 0 Å². The van der Waals surface area contributed by atoms with E-state index >= 15 is 0 Å². The lowest BCUT2D eigenvalue weighted by Crippen LogP contribution is -2.30. The fourth-order valence-electron chi connectivity index (χ4n) is 1.88. The summed E-state index contributed by atoms with van der Waals surface area (Å²) >= 11 is 1.80. The van der Waals surface area contributed by atoms with Gasteiger partial charge in [-0.1, -0.05) is 12.1 Å². The van der Waals surface area contributed by atoms with E-state index < -0.39 is 10.0 Å². The molecule has 4 nitrogen and oxygen atoms in total. The lowest BCUT2D eigenvalue weighted by atomic mass is 10.2. The summed E-state index contributed by atoms with van der Waals surface area (Å²) in [6.07, 6.45) is 2.19. The molecule has 0 aliphatic carbocycles. The zero-order chi connectivity index (χ0) is 13.0. The molecule has 0 spiro atoms. The summed E-state index contributed by atoms with van der Waals surface area (Å²) in [6, 6.07) is 8.16. The molecule has 96 valence electrons.